The second kappa shape index (κ2) is 7.25. The number of aromatic nitrogens is 4. The highest BCUT2D eigenvalue weighted by Crippen LogP contribution is 2.06. The minimum Gasteiger partial charge on any atom is -0.450 e. The van der Waals surface area contributed by atoms with Crippen molar-refractivity contribution in [2.45, 2.75) is 13.5 Å². The van der Waals surface area contributed by atoms with Crippen molar-refractivity contribution < 1.29 is 14.3 Å². The van der Waals surface area contributed by atoms with Crippen LogP contribution in [0, 0.1) is 0 Å². The number of carbonyl (C=O) groups excluding carboxylic acids is 2. The molecule has 0 saturated carbocycles. The normalized spacial score (nSPS) is 14.6. The minimum absolute atomic E-state index is 0.261. The molecule has 11 heteroatoms. The summed E-state index contributed by atoms with van der Waals surface area (Å²) in [6.45, 7) is 3.00. The average molecular weight is 378 g/mol. The summed E-state index contributed by atoms with van der Waals surface area (Å²) in [7, 11) is 3.16. The number of imidazole rings is 1. The van der Waals surface area contributed by atoms with Crippen molar-refractivity contribution in [1.29, 1.82) is 0 Å². The fourth-order valence-electron chi connectivity index (χ4n) is 3.12. The molecular weight excluding hydrogens is 356 g/mol. The van der Waals surface area contributed by atoms with E-state index in [1.807, 2.05) is 0 Å². The second-order valence-electron chi connectivity index (χ2n) is 6.33. The van der Waals surface area contributed by atoms with Gasteiger partial charge in [-0.3, -0.25) is 14.2 Å². The summed E-state index contributed by atoms with van der Waals surface area (Å²) in [4.78, 5) is 56.6. The highest BCUT2D eigenvalue weighted by molar-refractivity contribution is 5.77. The van der Waals surface area contributed by atoms with Crippen LogP contribution in [0.15, 0.2) is 15.9 Å². The lowest BCUT2D eigenvalue weighted by Gasteiger charge is -2.34. The molecule has 0 unspecified atom stereocenters. The third-order valence-electron chi connectivity index (χ3n) is 4.65. The molecule has 2 aromatic rings. The van der Waals surface area contributed by atoms with Crippen molar-refractivity contribution in [2.24, 2.45) is 14.1 Å². The Morgan fingerprint density at radius 3 is 2.37 bits per heavy atom. The van der Waals surface area contributed by atoms with E-state index < -0.39 is 17.3 Å². The van der Waals surface area contributed by atoms with Gasteiger partial charge in [0, 0.05) is 40.3 Å². The van der Waals surface area contributed by atoms with Gasteiger partial charge in [-0.25, -0.2) is 19.1 Å². The van der Waals surface area contributed by atoms with E-state index in [4.69, 9.17) is 4.74 Å². The summed E-state index contributed by atoms with van der Waals surface area (Å²) in [5.41, 5.74) is -0.604. The van der Waals surface area contributed by atoms with E-state index in [2.05, 4.69) is 4.98 Å². The van der Waals surface area contributed by atoms with Crippen LogP contribution in [-0.2, 0) is 30.2 Å². The fourth-order valence-corrected chi connectivity index (χ4v) is 3.12. The number of rotatable bonds is 3. The lowest BCUT2D eigenvalue weighted by Crippen LogP contribution is -2.52. The number of hydrogen-bond acceptors (Lipinski definition) is 6. The van der Waals surface area contributed by atoms with Gasteiger partial charge in [-0.2, -0.15) is 0 Å². The first kappa shape index (κ1) is 18.7. The first-order valence-electron chi connectivity index (χ1n) is 8.65. The lowest BCUT2D eigenvalue weighted by atomic mass is 10.3. The molecule has 0 aromatic carbocycles. The Bertz CT molecular complexity index is 995. The molecule has 0 N–H and O–H groups in total. The van der Waals surface area contributed by atoms with Crippen LogP contribution in [0.2, 0.25) is 0 Å². The maximum atomic E-state index is 12.7. The van der Waals surface area contributed by atoms with E-state index in [1.54, 1.807) is 14.0 Å². The predicted molar refractivity (Wildman–Crippen MR) is 95.4 cm³/mol. The highest BCUT2D eigenvalue weighted by Gasteiger charge is 2.26. The van der Waals surface area contributed by atoms with Crippen molar-refractivity contribution in [2.75, 3.05) is 32.8 Å². The fraction of sp³-hybridized carbons (Fsp3) is 0.562. The first-order valence-corrected chi connectivity index (χ1v) is 8.65. The Labute approximate surface area is 154 Å². The van der Waals surface area contributed by atoms with Gasteiger partial charge in [-0.05, 0) is 6.92 Å². The maximum absolute atomic E-state index is 12.7. The van der Waals surface area contributed by atoms with E-state index in [0.717, 1.165) is 4.57 Å². The molecule has 0 spiro atoms. The quantitative estimate of drug-likeness (QED) is 0.659. The number of aryl methyl sites for hydroxylation is 2. The summed E-state index contributed by atoms with van der Waals surface area (Å²) in [6.07, 6.45) is 1.04. The third kappa shape index (κ3) is 3.32. The summed E-state index contributed by atoms with van der Waals surface area (Å²) in [5.74, 6) is -0.348. The highest BCUT2D eigenvalue weighted by atomic mass is 16.6. The molecule has 1 aliphatic heterocycles. The Morgan fingerprint density at radius 1 is 1.11 bits per heavy atom. The Morgan fingerprint density at radius 2 is 1.74 bits per heavy atom. The molecule has 0 aliphatic carbocycles. The number of nitrogens with zero attached hydrogens (tertiary/aromatic N) is 6. The van der Waals surface area contributed by atoms with Gasteiger partial charge in [0.2, 0.25) is 5.91 Å². The summed E-state index contributed by atoms with van der Waals surface area (Å²) in [6, 6.07) is 0. The lowest BCUT2D eigenvalue weighted by molar-refractivity contribution is -0.133. The maximum Gasteiger partial charge on any atom is 0.409 e. The molecule has 1 aliphatic rings. The Hall–Kier alpha value is -3.11. The van der Waals surface area contributed by atoms with Crippen LogP contribution in [0.1, 0.15) is 6.92 Å². The van der Waals surface area contributed by atoms with Gasteiger partial charge in [0.05, 0.1) is 12.9 Å². The Balaban J connectivity index is 1.78. The van der Waals surface area contributed by atoms with Gasteiger partial charge in [0.1, 0.15) is 6.54 Å². The van der Waals surface area contributed by atoms with Crippen LogP contribution in [0.5, 0.6) is 0 Å². The molecular formula is C16H22N6O5. The molecule has 11 nitrogen and oxygen atoms in total. The van der Waals surface area contributed by atoms with Crippen LogP contribution < -0.4 is 11.2 Å². The average Bonchev–Trinajstić information content (AvgIpc) is 3.05. The summed E-state index contributed by atoms with van der Waals surface area (Å²) < 4.78 is 8.64. The molecule has 0 atom stereocenters. The molecule has 3 heterocycles. The number of piperazine rings is 1. The van der Waals surface area contributed by atoms with E-state index >= 15 is 0 Å². The zero-order valence-corrected chi connectivity index (χ0v) is 15.5. The minimum atomic E-state index is -0.593. The van der Waals surface area contributed by atoms with Crippen molar-refractivity contribution in [1.82, 2.24) is 28.5 Å². The Kier molecular flexibility index (Phi) is 5.02. The molecule has 2 aromatic heterocycles. The number of hydrogen-bond donors (Lipinski definition) is 0. The zero-order chi connectivity index (χ0) is 19.7. The van der Waals surface area contributed by atoms with Gasteiger partial charge in [0.15, 0.2) is 11.2 Å². The molecule has 1 fully saturated rings. The van der Waals surface area contributed by atoms with Gasteiger partial charge in [0.25, 0.3) is 5.56 Å². The molecule has 2 amide bonds. The number of ether oxygens (including phenoxy) is 1. The largest absolute Gasteiger partial charge is 0.450 e. The van der Waals surface area contributed by atoms with Crippen LogP contribution in [0.25, 0.3) is 11.2 Å². The predicted octanol–water partition coefficient (Wildman–Crippen LogP) is -1.27. The number of amides is 2. The standard InChI is InChI=1S/C16H22N6O5/c1-4-27-16(26)21-7-5-20(6-8-21)11(23)9-22-14(24)12-13(17-10-18(12)2)19(3)15(22)25/h10H,4-9H2,1-3H3. The zero-order valence-electron chi connectivity index (χ0n) is 15.5. The van der Waals surface area contributed by atoms with Crippen molar-refractivity contribution in [3.8, 4) is 0 Å². The SMILES string of the molecule is CCOC(=O)N1CCN(C(=O)Cn2c(=O)c3c(ncn3C)n(C)c2=O)CC1. The van der Waals surface area contributed by atoms with Gasteiger partial charge in [-0.15, -0.1) is 0 Å². The van der Waals surface area contributed by atoms with E-state index in [-0.39, 0.29) is 23.6 Å². The second-order valence-corrected chi connectivity index (χ2v) is 6.33. The third-order valence-corrected chi connectivity index (χ3v) is 4.65. The topological polar surface area (TPSA) is 112 Å². The molecule has 0 radical (unpaired) electrons. The smallest absolute Gasteiger partial charge is 0.409 e. The van der Waals surface area contributed by atoms with Crippen LogP contribution in [-0.4, -0.2) is 73.3 Å². The molecule has 1 saturated heterocycles. The van der Waals surface area contributed by atoms with Crippen LogP contribution in [0.4, 0.5) is 4.79 Å². The van der Waals surface area contributed by atoms with Gasteiger partial charge < -0.3 is 19.1 Å². The molecule has 27 heavy (non-hydrogen) atoms. The molecule has 3 rings (SSSR count). The van der Waals surface area contributed by atoms with Gasteiger partial charge in [-0.1, -0.05) is 0 Å². The molecule has 146 valence electrons. The summed E-state index contributed by atoms with van der Waals surface area (Å²) in [5, 5.41) is 0. The van der Waals surface area contributed by atoms with E-state index in [1.165, 1.54) is 32.3 Å². The van der Waals surface area contributed by atoms with Crippen molar-refractivity contribution in [3.63, 3.8) is 0 Å². The van der Waals surface area contributed by atoms with Crippen molar-refractivity contribution in [3.05, 3.63) is 27.2 Å². The van der Waals surface area contributed by atoms with Crippen LogP contribution in [0.3, 0.4) is 0 Å². The van der Waals surface area contributed by atoms with E-state index in [9.17, 15) is 19.2 Å². The molecule has 0 bridgehead atoms. The monoisotopic (exact) mass is 378 g/mol. The number of carbonyl (C=O) groups is 2. The van der Waals surface area contributed by atoms with Crippen molar-refractivity contribution >= 4 is 23.2 Å². The number of fused-ring (bicyclic) bond motifs is 1. The van der Waals surface area contributed by atoms with Crippen LogP contribution >= 0.6 is 0 Å². The van der Waals surface area contributed by atoms with Gasteiger partial charge >= 0.3 is 11.8 Å². The summed E-state index contributed by atoms with van der Waals surface area (Å²) >= 11 is 0. The first-order chi connectivity index (χ1) is 12.8. The van der Waals surface area contributed by atoms with E-state index in [0.29, 0.717) is 32.8 Å².